The maximum Gasteiger partial charge on any atom is 0.291 e. The third-order valence-electron chi connectivity index (χ3n) is 7.00. The van der Waals surface area contributed by atoms with Gasteiger partial charge in [-0.2, -0.15) is 14.6 Å². The van der Waals surface area contributed by atoms with Crippen LogP contribution in [0.25, 0.3) is 40.1 Å². The molecule has 0 radical (unpaired) electrons. The molecule has 0 amide bonds. The number of hydrogen-bond acceptors (Lipinski definition) is 6. The Balaban J connectivity index is 1.24. The minimum atomic E-state index is -0.326. The van der Waals surface area contributed by atoms with Crippen LogP contribution in [-0.2, 0) is 6.61 Å². The molecule has 220 valence electrons. The number of rotatable bonds is 8. The van der Waals surface area contributed by atoms with E-state index in [-0.39, 0.29) is 23.8 Å². The fourth-order valence-corrected chi connectivity index (χ4v) is 5.65. The highest BCUT2D eigenvalue weighted by molar-refractivity contribution is 7.15. The van der Waals surface area contributed by atoms with E-state index in [0.717, 1.165) is 16.8 Å². The van der Waals surface area contributed by atoms with E-state index in [4.69, 9.17) is 9.84 Å². The van der Waals surface area contributed by atoms with Gasteiger partial charge in [-0.25, -0.2) is 13.5 Å². The molecule has 0 bridgehead atoms. The summed E-state index contributed by atoms with van der Waals surface area (Å²) in [6.45, 7) is 0.0795. The number of para-hydroxylation sites is 1. The lowest BCUT2D eigenvalue weighted by Crippen LogP contribution is -2.23. The fraction of sp³-hybridized carbons (Fsp3) is 0.0286. The molecular weight excluding hydrogens is 592 g/mol. The minimum absolute atomic E-state index is 0.0795. The van der Waals surface area contributed by atoms with Crippen LogP contribution in [0.15, 0.2) is 114 Å². The molecule has 0 spiro atoms. The zero-order valence-electron chi connectivity index (χ0n) is 23.5. The number of fused-ring (bicyclic) bond motifs is 1. The van der Waals surface area contributed by atoms with Gasteiger partial charge < -0.3 is 4.74 Å². The predicted molar refractivity (Wildman–Crippen MR) is 171 cm³/mol. The first-order valence-corrected chi connectivity index (χ1v) is 14.8. The highest BCUT2D eigenvalue weighted by Gasteiger charge is 2.15. The molecule has 0 fully saturated rings. The molecule has 4 aromatic carbocycles. The Morgan fingerprint density at radius 3 is 2.44 bits per heavy atom. The molecule has 7 nitrogen and oxygen atoms in total. The molecule has 3 heterocycles. The topological polar surface area (TPSA) is 74.3 Å². The minimum Gasteiger partial charge on any atom is -0.489 e. The molecule has 45 heavy (non-hydrogen) atoms. The van der Waals surface area contributed by atoms with Crippen molar-refractivity contribution < 1.29 is 13.5 Å². The van der Waals surface area contributed by atoms with E-state index >= 15 is 0 Å². The van der Waals surface area contributed by atoms with Gasteiger partial charge in [0.25, 0.3) is 5.56 Å². The van der Waals surface area contributed by atoms with Gasteiger partial charge in [-0.15, -0.1) is 5.10 Å². The highest BCUT2D eigenvalue weighted by atomic mass is 32.1. The fourth-order valence-electron chi connectivity index (χ4n) is 4.75. The lowest BCUT2D eigenvalue weighted by Gasteiger charge is -2.08. The normalized spacial score (nSPS) is 12.0. The second kappa shape index (κ2) is 12.1. The van der Waals surface area contributed by atoms with Gasteiger partial charge in [0.1, 0.15) is 29.7 Å². The molecule has 0 saturated heterocycles. The van der Waals surface area contributed by atoms with E-state index < -0.39 is 0 Å². The summed E-state index contributed by atoms with van der Waals surface area (Å²) in [5.74, 6) is 0.290. The van der Waals surface area contributed by atoms with E-state index in [9.17, 15) is 13.6 Å². The average Bonchev–Trinajstić information content (AvgIpc) is 3.75. The summed E-state index contributed by atoms with van der Waals surface area (Å²) in [5, 5.41) is 9.23. The van der Waals surface area contributed by atoms with Crippen LogP contribution >= 0.6 is 11.3 Å². The molecule has 10 heteroatoms. The van der Waals surface area contributed by atoms with Crippen molar-refractivity contribution in [1.29, 1.82) is 0 Å². The first-order valence-electron chi connectivity index (χ1n) is 14.0. The predicted octanol–water partition coefficient (Wildman–Crippen LogP) is 6.58. The van der Waals surface area contributed by atoms with Gasteiger partial charge in [0.2, 0.25) is 4.96 Å². The van der Waals surface area contributed by atoms with Gasteiger partial charge in [-0.05, 0) is 60.2 Å². The number of halogens is 2. The molecule has 0 aliphatic rings. The smallest absolute Gasteiger partial charge is 0.291 e. The molecule has 0 N–H and O–H groups in total. The molecule has 0 aliphatic heterocycles. The molecule has 7 rings (SSSR count). The van der Waals surface area contributed by atoms with Crippen molar-refractivity contribution in [3.05, 3.63) is 158 Å². The van der Waals surface area contributed by atoms with Gasteiger partial charge in [0.15, 0.2) is 5.82 Å². The van der Waals surface area contributed by atoms with Gasteiger partial charge in [0, 0.05) is 22.9 Å². The Kier molecular flexibility index (Phi) is 7.54. The first-order chi connectivity index (χ1) is 22.0. The van der Waals surface area contributed by atoms with Gasteiger partial charge >= 0.3 is 0 Å². The van der Waals surface area contributed by atoms with Crippen LogP contribution in [0.2, 0.25) is 0 Å². The molecule has 0 aliphatic carbocycles. The summed E-state index contributed by atoms with van der Waals surface area (Å²) in [7, 11) is 0. The Morgan fingerprint density at radius 2 is 1.64 bits per heavy atom. The molecule has 0 atom stereocenters. The maximum atomic E-state index is 14.1. The lowest BCUT2D eigenvalue weighted by atomic mass is 10.1. The van der Waals surface area contributed by atoms with E-state index in [0.29, 0.717) is 37.9 Å². The quantitative estimate of drug-likeness (QED) is 0.193. The Bertz CT molecular complexity index is 2280. The Labute approximate surface area is 259 Å². The van der Waals surface area contributed by atoms with Crippen molar-refractivity contribution in [3.63, 3.8) is 0 Å². The van der Waals surface area contributed by atoms with Crippen molar-refractivity contribution in [3.8, 4) is 22.7 Å². The second-order valence-electron chi connectivity index (χ2n) is 10.1. The monoisotopic (exact) mass is 615 g/mol. The number of hydrogen-bond donors (Lipinski definition) is 0. The third-order valence-corrected chi connectivity index (χ3v) is 7.96. The van der Waals surface area contributed by atoms with Crippen LogP contribution in [0.1, 0.15) is 22.5 Å². The molecule has 3 aromatic heterocycles. The maximum absolute atomic E-state index is 14.1. The van der Waals surface area contributed by atoms with Gasteiger partial charge in [0.05, 0.1) is 10.2 Å². The van der Waals surface area contributed by atoms with Crippen molar-refractivity contribution in [2.24, 2.45) is 0 Å². The van der Waals surface area contributed by atoms with Crippen LogP contribution in [0.4, 0.5) is 8.78 Å². The third kappa shape index (κ3) is 6.04. The average molecular weight is 616 g/mol. The van der Waals surface area contributed by atoms with Gasteiger partial charge in [-0.3, -0.25) is 4.79 Å². The van der Waals surface area contributed by atoms with Crippen molar-refractivity contribution in [2.45, 2.75) is 6.61 Å². The van der Waals surface area contributed by atoms with Gasteiger partial charge in [-0.1, -0.05) is 78.1 Å². The number of aromatic nitrogens is 5. The molecule has 7 aromatic rings. The number of ether oxygens (including phenoxy) is 1. The summed E-state index contributed by atoms with van der Waals surface area (Å²) >= 11 is 1.22. The zero-order valence-corrected chi connectivity index (χ0v) is 24.4. The summed E-state index contributed by atoms with van der Waals surface area (Å²) in [6, 6.07) is 29.6. The van der Waals surface area contributed by atoms with Crippen LogP contribution in [0, 0.1) is 11.6 Å². The second-order valence-corrected chi connectivity index (χ2v) is 11.1. The van der Waals surface area contributed by atoms with Crippen LogP contribution in [-0.4, -0.2) is 24.4 Å². The van der Waals surface area contributed by atoms with Crippen LogP contribution in [0.5, 0.6) is 5.75 Å². The Hall–Kier alpha value is -5.74. The number of thiazole rings is 1. The molecule has 0 unspecified atom stereocenters. The molecular formula is C35H23F2N5O2S. The SMILES string of the molecule is O=c1/c(=C/c2cn(-c3ccccc3)nc2-c2cccc(OCc3ccccc3F)c2)sc2nc(/C=C/c3ccc(F)cc3)nn12. The largest absolute Gasteiger partial charge is 0.489 e. The first kappa shape index (κ1) is 28.1. The van der Waals surface area contributed by atoms with E-state index in [1.807, 2.05) is 54.7 Å². The lowest BCUT2D eigenvalue weighted by molar-refractivity contribution is 0.300. The van der Waals surface area contributed by atoms with Crippen LogP contribution < -0.4 is 14.8 Å². The Morgan fingerprint density at radius 1 is 0.844 bits per heavy atom. The van der Waals surface area contributed by atoms with Crippen molar-refractivity contribution in [1.82, 2.24) is 24.4 Å². The summed E-state index contributed by atoms with van der Waals surface area (Å²) in [5.41, 5.74) is 3.91. The van der Waals surface area contributed by atoms with E-state index in [1.165, 1.54) is 34.1 Å². The zero-order chi connectivity index (χ0) is 30.8. The van der Waals surface area contributed by atoms with Crippen LogP contribution in [0.3, 0.4) is 0 Å². The van der Waals surface area contributed by atoms with E-state index in [2.05, 4.69) is 10.1 Å². The van der Waals surface area contributed by atoms with E-state index in [1.54, 1.807) is 59.3 Å². The standard InChI is InChI=1S/C35H23F2N5O2S/c36-27-16-13-23(14-17-27)15-18-32-38-35-42(39-32)34(43)31(45-35)20-26-21-41(28-9-2-1-3-10-28)40-33(26)24-8-6-11-29(19-24)44-22-25-7-4-5-12-30(25)37/h1-21H,22H2/b18-15+,31-20-. The van der Waals surface area contributed by atoms with Crippen molar-refractivity contribution >= 4 is 34.5 Å². The van der Waals surface area contributed by atoms with Crippen molar-refractivity contribution in [2.75, 3.05) is 0 Å². The number of benzene rings is 4. The molecule has 0 saturated carbocycles. The summed E-state index contributed by atoms with van der Waals surface area (Å²) in [6.07, 6.45) is 7.09. The summed E-state index contributed by atoms with van der Waals surface area (Å²) < 4.78 is 36.7. The summed E-state index contributed by atoms with van der Waals surface area (Å²) in [4.78, 5) is 18.3. The highest BCUT2D eigenvalue weighted by Crippen LogP contribution is 2.28. The number of nitrogens with zero attached hydrogens (tertiary/aromatic N) is 5.